The Kier molecular flexibility index (Phi) is 7.54. The lowest BCUT2D eigenvalue weighted by Crippen LogP contribution is -2.37. The lowest BCUT2D eigenvalue weighted by Gasteiger charge is -2.29. The quantitative estimate of drug-likeness (QED) is 0.651. The molecule has 0 bridgehead atoms. The summed E-state index contributed by atoms with van der Waals surface area (Å²) in [5.74, 6) is -2.96. The van der Waals surface area contributed by atoms with E-state index in [0.29, 0.717) is 12.8 Å². The minimum absolute atomic E-state index is 0.00416. The molecule has 0 fully saturated rings. The molecule has 1 radical (unpaired) electrons. The van der Waals surface area contributed by atoms with Crippen LogP contribution in [0.5, 0.6) is 0 Å². The highest BCUT2D eigenvalue weighted by Crippen LogP contribution is 2.30. The first-order valence-corrected chi connectivity index (χ1v) is 6.98. The molecule has 0 N–H and O–H groups in total. The molecule has 113 valence electrons. The second-order valence-corrected chi connectivity index (χ2v) is 5.52. The molecule has 4 heteroatoms. The number of carbonyl (C=O) groups excluding carboxylic acids is 4. The maximum atomic E-state index is 11.9. The van der Waals surface area contributed by atoms with E-state index in [1.165, 1.54) is 27.7 Å². The third-order valence-electron chi connectivity index (χ3n) is 3.99. The van der Waals surface area contributed by atoms with Gasteiger partial charge in [0, 0.05) is 23.7 Å². The molecule has 0 aromatic heterocycles. The van der Waals surface area contributed by atoms with Crippen LogP contribution in [0.4, 0.5) is 0 Å². The summed E-state index contributed by atoms with van der Waals surface area (Å²) in [4.78, 5) is 46.8. The van der Waals surface area contributed by atoms with Gasteiger partial charge in [-0.25, -0.2) is 0 Å². The average molecular weight is 281 g/mol. The molecule has 0 aliphatic rings. The molecule has 0 rings (SSSR count). The molecule has 0 aromatic rings. The van der Waals surface area contributed by atoms with Crippen molar-refractivity contribution in [2.45, 2.75) is 47.5 Å². The summed E-state index contributed by atoms with van der Waals surface area (Å²) >= 11 is 0. The van der Waals surface area contributed by atoms with Gasteiger partial charge in [0.25, 0.3) is 0 Å². The van der Waals surface area contributed by atoms with Gasteiger partial charge in [0.1, 0.15) is 23.1 Å². The van der Waals surface area contributed by atoms with E-state index in [1.807, 2.05) is 6.92 Å². The van der Waals surface area contributed by atoms with Gasteiger partial charge >= 0.3 is 0 Å². The molecule has 0 aliphatic heterocycles. The summed E-state index contributed by atoms with van der Waals surface area (Å²) in [6.07, 6.45) is 0.927. The zero-order valence-corrected chi connectivity index (χ0v) is 13.1. The largest absolute Gasteiger partial charge is 0.300 e. The van der Waals surface area contributed by atoms with E-state index in [1.54, 1.807) is 0 Å². The highest BCUT2D eigenvalue weighted by molar-refractivity contribution is 5.93. The van der Waals surface area contributed by atoms with Gasteiger partial charge < -0.3 is 0 Å². The maximum absolute atomic E-state index is 11.9. The highest BCUT2D eigenvalue weighted by atomic mass is 16.1. The maximum Gasteiger partial charge on any atom is 0.134 e. The van der Waals surface area contributed by atoms with Crippen molar-refractivity contribution in [1.29, 1.82) is 0 Å². The smallest absolute Gasteiger partial charge is 0.134 e. The fourth-order valence-electron chi connectivity index (χ4n) is 2.59. The Hall–Kier alpha value is -1.32. The summed E-state index contributed by atoms with van der Waals surface area (Å²) in [6, 6.07) is 0. The van der Waals surface area contributed by atoms with Crippen LogP contribution in [0.2, 0.25) is 0 Å². The van der Waals surface area contributed by atoms with Crippen molar-refractivity contribution in [3.8, 4) is 0 Å². The fourth-order valence-corrected chi connectivity index (χ4v) is 2.59. The first kappa shape index (κ1) is 18.7. The molecule has 0 heterocycles. The second-order valence-electron chi connectivity index (χ2n) is 5.52. The Morgan fingerprint density at radius 1 is 0.850 bits per heavy atom. The van der Waals surface area contributed by atoms with Gasteiger partial charge in [-0.2, -0.15) is 0 Å². The second kappa shape index (κ2) is 8.08. The number of hydrogen-bond acceptors (Lipinski definition) is 4. The Labute approximate surface area is 121 Å². The molecule has 4 unspecified atom stereocenters. The fraction of sp³-hybridized carbons (Fsp3) is 0.688. The van der Waals surface area contributed by atoms with Crippen LogP contribution in [-0.2, 0) is 19.2 Å². The first-order chi connectivity index (χ1) is 9.13. The van der Waals surface area contributed by atoms with Crippen molar-refractivity contribution in [2.75, 3.05) is 0 Å². The molecule has 20 heavy (non-hydrogen) atoms. The topological polar surface area (TPSA) is 68.3 Å². The molecule has 0 amide bonds. The standard InChI is InChI=1S/C16H25O4/c1-7-14(11(4)18)8-15(12(5)19)16(13(6)20)9(2)10(3)17/h9,14-16H,2,7-8H2,1,3-6H3. The van der Waals surface area contributed by atoms with Crippen LogP contribution in [-0.4, -0.2) is 23.1 Å². The number of rotatable bonds is 9. The van der Waals surface area contributed by atoms with E-state index >= 15 is 0 Å². The van der Waals surface area contributed by atoms with E-state index in [-0.39, 0.29) is 29.1 Å². The van der Waals surface area contributed by atoms with Crippen molar-refractivity contribution in [3.05, 3.63) is 6.92 Å². The molecule has 0 aliphatic carbocycles. The Bertz CT molecular complexity index is 397. The minimum atomic E-state index is -0.745. The Morgan fingerprint density at radius 2 is 1.35 bits per heavy atom. The lowest BCUT2D eigenvalue weighted by molar-refractivity contribution is -0.136. The van der Waals surface area contributed by atoms with Crippen molar-refractivity contribution < 1.29 is 19.2 Å². The van der Waals surface area contributed by atoms with Crippen molar-refractivity contribution in [2.24, 2.45) is 23.7 Å². The molecule has 0 saturated carbocycles. The van der Waals surface area contributed by atoms with E-state index in [2.05, 4.69) is 6.92 Å². The van der Waals surface area contributed by atoms with E-state index in [4.69, 9.17) is 0 Å². The van der Waals surface area contributed by atoms with Crippen LogP contribution >= 0.6 is 0 Å². The van der Waals surface area contributed by atoms with Crippen molar-refractivity contribution in [3.63, 3.8) is 0 Å². The molecule has 0 saturated heterocycles. The SMILES string of the molecule is [CH2]C(C(C)=O)C(C(C)=O)C(CC(CC)C(C)=O)C(C)=O. The number of hydrogen-bond donors (Lipinski definition) is 0. The molecule has 0 aromatic carbocycles. The van der Waals surface area contributed by atoms with E-state index in [9.17, 15) is 19.2 Å². The van der Waals surface area contributed by atoms with Gasteiger partial charge in [0.2, 0.25) is 0 Å². The summed E-state index contributed by atoms with van der Waals surface area (Å²) in [6.45, 7) is 11.2. The minimum Gasteiger partial charge on any atom is -0.300 e. The zero-order valence-electron chi connectivity index (χ0n) is 13.1. The van der Waals surface area contributed by atoms with E-state index < -0.39 is 17.8 Å². The van der Waals surface area contributed by atoms with Gasteiger partial charge in [-0.05, 0) is 47.5 Å². The number of Topliss-reactive ketones (excluding diaryl/α,β-unsaturated/α-hetero) is 4. The molecule has 4 atom stereocenters. The summed E-state index contributed by atoms with van der Waals surface area (Å²) < 4.78 is 0. The molecule has 0 spiro atoms. The zero-order chi connectivity index (χ0) is 16.0. The third-order valence-corrected chi connectivity index (χ3v) is 3.99. The third kappa shape index (κ3) is 4.99. The van der Waals surface area contributed by atoms with Gasteiger partial charge in [0.05, 0.1) is 0 Å². The van der Waals surface area contributed by atoms with Gasteiger partial charge in [0.15, 0.2) is 0 Å². The van der Waals surface area contributed by atoms with Gasteiger partial charge in [-0.1, -0.05) is 6.92 Å². The predicted octanol–water partition coefficient (Wildman–Crippen LogP) is 2.44. The monoisotopic (exact) mass is 281 g/mol. The summed E-state index contributed by atoms with van der Waals surface area (Å²) in [5, 5.41) is 0. The van der Waals surface area contributed by atoms with E-state index in [0.717, 1.165) is 0 Å². The number of carbonyl (C=O) groups is 4. The van der Waals surface area contributed by atoms with Crippen LogP contribution in [0.25, 0.3) is 0 Å². The molecular formula is C16H25O4. The summed E-state index contributed by atoms with van der Waals surface area (Å²) in [5.41, 5.74) is 0. The Balaban J connectivity index is 5.40. The molecular weight excluding hydrogens is 256 g/mol. The van der Waals surface area contributed by atoms with Crippen LogP contribution in [0.3, 0.4) is 0 Å². The average Bonchev–Trinajstić information content (AvgIpc) is 2.31. The van der Waals surface area contributed by atoms with Gasteiger partial charge in [-0.15, -0.1) is 0 Å². The first-order valence-electron chi connectivity index (χ1n) is 6.98. The van der Waals surface area contributed by atoms with Crippen molar-refractivity contribution in [1.82, 2.24) is 0 Å². The predicted molar refractivity (Wildman–Crippen MR) is 76.9 cm³/mol. The highest BCUT2D eigenvalue weighted by Gasteiger charge is 2.37. The molecule has 4 nitrogen and oxygen atoms in total. The normalized spacial score (nSPS) is 16.9. The summed E-state index contributed by atoms with van der Waals surface area (Å²) in [7, 11) is 0. The van der Waals surface area contributed by atoms with Crippen LogP contribution in [0, 0.1) is 30.6 Å². The lowest BCUT2D eigenvalue weighted by atomic mass is 9.72. The van der Waals surface area contributed by atoms with Crippen LogP contribution < -0.4 is 0 Å². The van der Waals surface area contributed by atoms with Crippen molar-refractivity contribution >= 4 is 23.1 Å². The Morgan fingerprint density at radius 3 is 1.60 bits per heavy atom. The van der Waals surface area contributed by atoms with Gasteiger partial charge in [-0.3, -0.25) is 19.2 Å². The number of ketones is 4. The van der Waals surface area contributed by atoms with Crippen LogP contribution in [0.15, 0.2) is 0 Å². The van der Waals surface area contributed by atoms with Crippen LogP contribution in [0.1, 0.15) is 47.5 Å².